The maximum atomic E-state index is 12.5. The maximum absolute atomic E-state index is 12.5. The molecule has 1 heterocycles. The fourth-order valence-electron chi connectivity index (χ4n) is 3.80. The average Bonchev–Trinajstić information content (AvgIpc) is 2.81. The molecule has 1 saturated heterocycles. The third-order valence-electron chi connectivity index (χ3n) is 5.03. The molecule has 5 nitrogen and oxygen atoms in total. The molecule has 5 heteroatoms. The minimum Gasteiger partial charge on any atom is -0.497 e. The topological polar surface area (TPSA) is 51.1 Å². The number of amides is 2. The SMILES string of the molecule is COc1ccc(C[NH+](C)CN2C(=O)[C@H]3CCCC[C@H]3C2=O)cc1. The Bertz CT molecular complexity index is 560. The van der Waals surface area contributed by atoms with Gasteiger partial charge in [0, 0.05) is 5.56 Å². The Morgan fingerprint density at radius 3 is 2.17 bits per heavy atom. The Hall–Kier alpha value is -1.88. The van der Waals surface area contributed by atoms with Gasteiger partial charge in [-0.25, -0.2) is 4.90 Å². The smallest absolute Gasteiger partial charge is 0.237 e. The quantitative estimate of drug-likeness (QED) is 0.819. The van der Waals surface area contributed by atoms with Crippen LogP contribution in [0.1, 0.15) is 31.2 Å². The molecule has 1 aliphatic heterocycles. The second kappa shape index (κ2) is 6.71. The highest BCUT2D eigenvalue weighted by Gasteiger charge is 2.48. The van der Waals surface area contributed by atoms with Crippen LogP contribution in [0, 0.1) is 11.8 Å². The van der Waals surface area contributed by atoms with Gasteiger partial charge in [0.15, 0.2) is 6.67 Å². The zero-order chi connectivity index (χ0) is 16.4. The van der Waals surface area contributed by atoms with Crippen LogP contribution in [-0.2, 0) is 16.1 Å². The number of ether oxygens (including phenoxy) is 1. The fraction of sp³-hybridized carbons (Fsp3) is 0.556. The van der Waals surface area contributed by atoms with E-state index in [0.717, 1.165) is 42.9 Å². The molecule has 0 radical (unpaired) electrons. The third-order valence-corrected chi connectivity index (χ3v) is 5.03. The summed E-state index contributed by atoms with van der Waals surface area (Å²) in [5.41, 5.74) is 1.17. The van der Waals surface area contributed by atoms with Crippen LogP contribution in [0.4, 0.5) is 0 Å². The number of fused-ring (bicyclic) bond motifs is 1. The molecule has 0 aromatic heterocycles. The van der Waals surface area contributed by atoms with Crippen molar-refractivity contribution in [2.24, 2.45) is 11.8 Å². The zero-order valence-electron chi connectivity index (χ0n) is 13.9. The molecular weight excluding hydrogens is 292 g/mol. The Balaban J connectivity index is 1.61. The van der Waals surface area contributed by atoms with Crippen LogP contribution in [0.25, 0.3) is 0 Å². The Labute approximate surface area is 137 Å². The molecule has 1 unspecified atom stereocenters. The Morgan fingerprint density at radius 2 is 1.65 bits per heavy atom. The molecule has 2 amide bonds. The summed E-state index contributed by atoms with van der Waals surface area (Å²) in [6.45, 7) is 1.23. The summed E-state index contributed by atoms with van der Waals surface area (Å²) < 4.78 is 5.16. The van der Waals surface area contributed by atoms with Gasteiger partial charge >= 0.3 is 0 Å². The molecule has 0 bridgehead atoms. The van der Waals surface area contributed by atoms with Crippen LogP contribution >= 0.6 is 0 Å². The Kier molecular flexibility index (Phi) is 4.66. The molecule has 3 rings (SSSR count). The van der Waals surface area contributed by atoms with E-state index in [1.54, 1.807) is 7.11 Å². The van der Waals surface area contributed by atoms with Gasteiger partial charge in [-0.1, -0.05) is 12.8 Å². The lowest BCUT2D eigenvalue weighted by molar-refractivity contribution is -0.901. The monoisotopic (exact) mass is 317 g/mol. The van der Waals surface area contributed by atoms with Gasteiger partial charge in [-0.15, -0.1) is 0 Å². The largest absolute Gasteiger partial charge is 0.497 e. The van der Waals surface area contributed by atoms with Gasteiger partial charge in [-0.2, -0.15) is 0 Å². The number of carbonyl (C=O) groups is 2. The molecule has 3 atom stereocenters. The van der Waals surface area contributed by atoms with Crippen LogP contribution in [0.15, 0.2) is 24.3 Å². The van der Waals surface area contributed by atoms with Gasteiger partial charge in [0.2, 0.25) is 11.8 Å². The van der Waals surface area contributed by atoms with Crippen molar-refractivity contribution in [1.82, 2.24) is 4.90 Å². The number of nitrogens with zero attached hydrogens (tertiary/aromatic N) is 1. The van der Waals surface area contributed by atoms with Crippen molar-refractivity contribution in [3.63, 3.8) is 0 Å². The molecule has 23 heavy (non-hydrogen) atoms. The number of likely N-dealkylation sites (tertiary alicyclic amines) is 1. The highest BCUT2D eigenvalue weighted by atomic mass is 16.5. The van der Waals surface area contributed by atoms with Gasteiger partial charge in [-0.05, 0) is 37.1 Å². The van der Waals surface area contributed by atoms with E-state index in [1.165, 1.54) is 10.5 Å². The number of benzene rings is 1. The Morgan fingerprint density at radius 1 is 1.09 bits per heavy atom. The van der Waals surface area contributed by atoms with E-state index in [4.69, 9.17) is 4.74 Å². The van der Waals surface area contributed by atoms with Crippen LogP contribution in [0.5, 0.6) is 5.75 Å². The molecule has 2 aliphatic rings. The van der Waals surface area contributed by atoms with Crippen molar-refractivity contribution < 1.29 is 19.2 Å². The standard InChI is InChI=1S/C18H24N2O3/c1-19(11-13-7-9-14(23-2)10-8-13)12-20-17(21)15-5-3-4-6-16(15)18(20)22/h7-10,15-16H,3-6,11-12H2,1-2H3/p+1/t15-,16+. The van der Waals surface area contributed by atoms with Crippen LogP contribution in [0.3, 0.4) is 0 Å². The molecule has 2 fully saturated rings. The summed E-state index contributed by atoms with van der Waals surface area (Å²) in [7, 11) is 3.67. The second-order valence-corrected chi connectivity index (χ2v) is 6.74. The molecule has 1 N–H and O–H groups in total. The van der Waals surface area contributed by atoms with Gasteiger partial charge in [0.1, 0.15) is 12.3 Å². The van der Waals surface area contributed by atoms with E-state index in [-0.39, 0.29) is 23.7 Å². The first-order valence-electron chi connectivity index (χ1n) is 8.39. The number of nitrogens with one attached hydrogen (secondary N) is 1. The predicted octanol–water partition coefficient (Wildman–Crippen LogP) is 0.843. The van der Waals surface area contributed by atoms with Crippen molar-refractivity contribution in [2.45, 2.75) is 32.2 Å². The number of imide groups is 1. The van der Waals surface area contributed by atoms with E-state index in [9.17, 15) is 9.59 Å². The molecular formula is C18H25N2O3+. The van der Waals surface area contributed by atoms with E-state index in [1.807, 2.05) is 31.3 Å². The van der Waals surface area contributed by atoms with E-state index >= 15 is 0 Å². The van der Waals surface area contributed by atoms with Gasteiger partial charge < -0.3 is 9.64 Å². The van der Waals surface area contributed by atoms with Gasteiger partial charge in [-0.3, -0.25) is 9.59 Å². The van der Waals surface area contributed by atoms with Crippen LogP contribution in [-0.4, -0.2) is 37.5 Å². The van der Waals surface area contributed by atoms with E-state index in [2.05, 4.69) is 0 Å². The lowest BCUT2D eigenvalue weighted by Gasteiger charge is -2.20. The normalized spacial score (nSPS) is 25.4. The minimum absolute atomic E-state index is 0.0498. The first kappa shape index (κ1) is 16.0. The average molecular weight is 317 g/mol. The fourth-order valence-corrected chi connectivity index (χ4v) is 3.80. The lowest BCUT2D eigenvalue weighted by atomic mass is 9.81. The van der Waals surface area contributed by atoms with Gasteiger partial charge in [0.25, 0.3) is 0 Å². The summed E-state index contributed by atoms with van der Waals surface area (Å²) in [6, 6.07) is 7.91. The number of carbonyl (C=O) groups excluding carboxylic acids is 2. The van der Waals surface area contributed by atoms with Crippen LogP contribution in [0.2, 0.25) is 0 Å². The number of hydrogen-bond acceptors (Lipinski definition) is 3. The van der Waals surface area contributed by atoms with Crippen LogP contribution < -0.4 is 9.64 Å². The lowest BCUT2D eigenvalue weighted by Crippen LogP contribution is -3.09. The summed E-state index contributed by atoms with van der Waals surface area (Å²) in [5, 5.41) is 0. The van der Waals surface area contributed by atoms with Crippen molar-refractivity contribution in [2.75, 3.05) is 20.8 Å². The van der Waals surface area contributed by atoms with E-state index < -0.39 is 0 Å². The zero-order valence-corrected chi connectivity index (χ0v) is 13.9. The molecule has 1 aliphatic carbocycles. The molecule has 1 aromatic rings. The maximum Gasteiger partial charge on any atom is 0.237 e. The van der Waals surface area contributed by atoms with Gasteiger partial charge in [0.05, 0.1) is 26.0 Å². The first-order valence-corrected chi connectivity index (χ1v) is 8.39. The summed E-state index contributed by atoms with van der Waals surface area (Å²) in [4.78, 5) is 27.6. The minimum atomic E-state index is -0.0509. The van der Waals surface area contributed by atoms with E-state index in [0.29, 0.717) is 6.67 Å². The number of hydrogen-bond donors (Lipinski definition) is 1. The van der Waals surface area contributed by atoms with Crippen molar-refractivity contribution in [1.29, 1.82) is 0 Å². The number of quaternary nitrogens is 1. The summed E-state index contributed by atoms with van der Waals surface area (Å²) in [6.07, 6.45) is 3.90. The first-order chi connectivity index (χ1) is 11.1. The molecule has 1 aromatic carbocycles. The highest BCUT2D eigenvalue weighted by Crippen LogP contribution is 2.37. The third kappa shape index (κ3) is 3.24. The summed E-state index contributed by atoms with van der Waals surface area (Å²) in [5.74, 6) is 0.831. The highest BCUT2D eigenvalue weighted by molar-refractivity contribution is 6.05. The molecule has 124 valence electrons. The number of methoxy groups -OCH3 is 1. The number of rotatable bonds is 5. The summed E-state index contributed by atoms with van der Waals surface area (Å²) >= 11 is 0. The molecule has 0 spiro atoms. The molecule has 1 saturated carbocycles. The van der Waals surface area contributed by atoms with Crippen molar-refractivity contribution >= 4 is 11.8 Å². The second-order valence-electron chi connectivity index (χ2n) is 6.74. The van der Waals surface area contributed by atoms with Crippen molar-refractivity contribution in [3.05, 3.63) is 29.8 Å². The predicted molar refractivity (Wildman–Crippen MR) is 85.8 cm³/mol. The van der Waals surface area contributed by atoms with Crippen molar-refractivity contribution in [3.8, 4) is 5.75 Å².